The minimum absolute atomic E-state index is 0. The Balaban J connectivity index is 0.00000242. The monoisotopic (exact) mass is 347 g/mol. The first-order valence-corrected chi connectivity index (χ1v) is 7.51. The zero-order chi connectivity index (χ0) is 15.6. The van der Waals surface area contributed by atoms with Gasteiger partial charge in [0.05, 0.1) is 6.42 Å². The Hall–Kier alpha value is -0.614. The third kappa shape index (κ3) is 4.69. The average molecular weight is 347 g/mol. The zero-order valence-electron chi connectivity index (χ0n) is 11.2. The SMILES string of the molecule is CC(=O)CC(=O)Nc1cccc2c(S(=O)(=O)O)cccc12.[KH]. The van der Waals surface area contributed by atoms with Crippen LogP contribution in [0.5, 0.6) is 0 Å². The van der Waals surface area contributed by atoms with Gasteiger partial charge in [0.15, 0.2) is 0 Å². The van der Waals surface area contributed by atoms with Crippen LogP contribution in [0.15, 0.2) is 41.3 Å². The first-order chi connectivity index (χ1) is 9.79. The summed E-state index contributed by atoms with van der Waals surface area (Å²) in [6.07, 6.45) is -0.256. The number of carbonyl (C=O) groups is 2. The molecule has 0 spiro atoms. The second-order valence-corrected chi connectivity index (χ2v) is 5.95. The fourth-order valence-corrected chi connectivity index (χ4v) is 2.74. The molecule has 22 heavy (non-hydrogen) atoms. The van der Waals surface area contributed by atoms with Crippen LogP contribution in [-0.4, -0.2) is 76.0 Å². The van der Waals surface area contributed by atoms with E-state index < -0.39 is 16.0 Å². The normalized spacial score (nSPS) is 10.8. The fraction of sp³-hybridized carbons (Fsp3) is 0.143. The summed E-state index contributed by atoms with van der Waals surface area (Å²) in [7, 11) is -4.36. The van der Waals surface area contributed by atoms with Gasteiger partial charge in [0.2, 0.25) is 5.91 Å². The van der Waals surface area contributed by atoms with Crippen molar-refractivity contribution < 1.29 is 22.6 Å². The molecule has 0 aliphatic heterocycles. The van der Waals surface area contributed by atoms with E-state index in [0.717, 1.165) is 0 Å². The molecule has 2 N–H and O–H groups in total. The van der Waals surface area contributed by atoms with Crippen LogP contribution in [0.2, 0.25) is 0 Å². The summed E-state index contributed by atoms with van der Waals surface area (Å²) in [5, 5.41) is 3.31. The third-order valence-corrected chi connectivity index (χ3v) is 3.76. The van der Waals surface area contributed by atoms with Crippen LogP contribution in [0.4, 0.5) is 5.69 Å². The molecular weight excluding hydrogens is 333 g/mol. The predicted molar refractivity (Wildman–Crippen MR) is 84.8 cm³/mol. The van der Waals surface area contributed by atoms with Gasteiger partial charge in [-0.3, -0.25) is 14.1 Å². The molecule has 0 radical (unpaired) electrons. The van der Waals surface area contributed by atoms with Crippen LogP contribution < -0.4 is 5.32 Å². The molecule has 2 aromatic carbocycles. The summed E-state index contributed by atoms with van der Waals surface area (Å²) in [6.45, 7) is 1.30. The summed E-state index contributed by atoms with van der Waals surface area (Å²) in [5.41, 5.74) is 0.379. The van der Waals surface area contributed by atoms with Crippen molar-refractivity contribution in [1.29, 1.82) is 0 Å². The average Bonchev–Trinajstić information content (AvgIpc) is 2.36. The van der Waals surface area contributed by atoms with E-state index in [4.69, 9.17) is 0 Å². The number of carbonyl (C=O) groups excluding carboxylic acids is 2. The van der Waals surface area contributed by atoms with Gasteiger partial charge in [0.25, 0.3) is 10.1 Å². The van der Waals surface area contributed by atoms with Crippen LogP contribution in [-0.2, 0) is 19.7 Å². The maximum absolute atomic E-state index is 11.6. The van der Waals surface area contributed by atoms with E-state index in [0.29, 0.717) is 16.5 Å². The summed E-state index contributed by atoms with van der Waals surface area (Å²) in [5.74, 6) is -0.751. The zero-order valence-corrected chi connectivity index (χ0v) is 12.0. The molecule has 0 saturated heterocycles. The Morgan fingerprint density at radius 1 is 1.09 bits per heavy atom. The Morgan fingerprint density at radius 2 is 1.68 bits per heavy atom. The Bertz CT molecular complexity index is 832. The Kier molecular flexibility index (Phi) is 6.87. The summed E-state index contributed by atoms with van der Waals surface area (Å²) < 4.78 is 31.9. The molecule has 112 valence electrons. The number of hydrogen-bond donors (Lipinski definition) is 2. The van der Waals surface area contributed by atoms with E-state index in [-0.39, 0.29) is 68.5 Å². The molecule has 0 bridgehead atoms. The molecule has 6 nitrogen and oxygen atoms in total. The van der Waals surface area contributed by atoms with Gasteiger partial charge in [-0.1, -0.05) is 24.3 Å². The van der Waals surface area contributed by atoms with Crippen molar-refractivity contribution in [2.24, 2.45) is 0 Å². The fourth-order valence-electron chi connectivity index (χ4n) is 2.04. The first-order valence-electron chi connectivity index (χ1n) is 6.07. The molecule has 0 aliphatic carbocycles. The van der Waals surface area contributed by atoms with E-state index in [1.165, 1.54) is 25.1 Å². The van der Waals surface area contributed by atoms with Gasteiger partial charge in [-0.05, 0) is 19.1 Å². The van der Waals surface area contributed by atoms with Crippen LogP contribution >= 0.6 is 0 Å². The van der Waals surface area contributed by atoms with Crippen molar-refractivity contribution in [3.8, 4) is 0 Å². The molecule has 0 aliphatic rings. The number of hydrogen-bond acceptors (Lipinski definition) is 4. The van der Waals surface area contributed by atoms with Gasteiger partial charge in [0.1, 0.15) is 10.7 Å². The molecule has 0 saturated carbocycles. The molecule has 1 amide bonds. The number of benzene rings is 2. The van der Waals surface area contributed by atoms with Gasteiger partial charge in [-0.2, -0.15) is 8.42 Å². The molecule has 2 aromatic rings. The van der Waals surface area contributed by atoms with Gasteiger partial charge in [-0.15, -0.1) is 0 Å². The molecule has 0 heterocycles. The van der Waals surface area contributed by atoms with Crippen molar-refractivity contribution >= 4 is 89.7 Å². The summed E-state index contributed by atoms with van der Waals surface area (Å²) in [4.78, 5) is 22.3. The number of anilines is 1. The number of ketones is 1. The van der Waals surface area contributed by atoms with Crippen molar-refractivity contribution in [2.45, 2.75) is 18.2 Å². The number of Topliss-reactive ketones (excluding diaryl/α,β-unsaturated/α-hetero) is 1. The van der Waals surface area contributed by atoms with Crippen LogP contribution in [0, 0.1) is 0 Å². The van der Waals surface area contributed by atoms with Crippen molar-refractivity contribution in [1.82, 2.24) is 0 Å². The number of rotatable bonds is 4. The number of amides is 1. The Morgan fingerprint density at radius 3 is 2.27 bits per heavy atom. The van der Waals surface area contributed by atoms with Gasteiger partial charge >= 0.3 is 51.4 Å². The summed E-state index contributed by atoms with van der Waals surface area (Å²) >= 11 is 0. The topological polar surface area (TPSA) is 101 Å². The van der Waals surface area contributed by atoms with Crippen LogP contribution in [0.1, 0.15) is 13.3 Å². The van der Waals surface area contributed by atoms with E-state index in [1.807, 2.05) is 0 Å². The molecule has 8 heteroatoms. The second kappa shape index (κ2) is 7.78. The van der Waals surface area contributed by atoms with Gasteiger partial charge in [-0.25, -0.2) is 0 Å². The van der Waals surface area contributed by atoms with E-state index in [9.17, 15) is 22.6 Å². The number of fused-ring (bicyclic) bond motifs is 1. The third-order valence-electron chi connectivity index (χ3n) is 2.84. The van der Waals surface area contributed by atoms with Crippen LogP contribution in [0.3, 0.4) is 0 Å². The maximum atomic E-state index is 11.6. The second-order valence-electron chi connectivity index (χ2n) is 4.56. The minimum atomic E-state index is -4.36. The first kappa shape index (κ1) is 19.4. The van der Waals surface area contributed by atoms with Crippen molar-refractivity contribution in [3.05, 3.63) is 36.4 Å². The van der Waals surface area contributed by atoms with Crippen molar-refractivity contribution in [2.75, 3.05) is 5.32 Å². The molecular formula is C14H14KNO5S. The van der Waals surface area contributed by atoms with Gasteiger partial charge < -0.3 is 5.32 Å². The van der Waals surface area contributed by atoms with E-state index in [2.05, 4.69) is 5.32 Å². The predicted octanol–water partition coefficient (Wildman–Crippen LogP) is 1.36. The van der Waals surface area contributed by atoms with Gasteiger partial charge in [0, 0.05) is 16.5 Å². The Labute approximate surface area is 170 Å². The van der Waals surface area contributed by atoms with Crippen molar-refractivity contribution in [3.63, 3.8) is 0 Å². The van der Waals surface area contributed by atoms with Crippen LogP contribution in [0.25, 0.3) is 10.8 Å². The van der Waals surface area contributed by atoms with E-state index in [1.54, 1.807) is 18.2 Å². The molecule has 0 unspecified atom stereocenters. The molecule has 0 atom stereocenters. The van der Waals surface area contributed by atoms with E-state index >= 15 is 0 Å². The number of nitrogens with one attached hydrogen (secondary N) is 1. The molecule has 0 fully saturated rings. The quantitative estimate of drug-likeness (QED) is 0.494. The molecule has 2 rings (SSSR count). The molecule has 0 aromatic heterocycles. The summed E-state index contributed by atoms with van der Waals surface area (Å²) in [6, 6.07) is 9.03. The standard InChI is InChI=1S/C14H13NO5S.K.H/c1-9(16)8-14(17)15-12-6-2-5-11-10(12)4-3-7-13(11)21(18,19)20;;/h2-7H,8H2,1H3,(H,15,17)(H,18,19,20);;.